The van der Waals surface area contributed by atoms with Crippen molar-refractivity contribution in [1.82, 2.24) is 9.80 Å². The molecule has 2 saturated heterocycles. The molecule has 3 N–H and O–H groups in total. The zero-order valence-corrected chi connectivity index (χ0v) is 11.9. The molecule has 2 atom stereocenters. The van der Waals surface area contributed by atoms with Crippen molar-refractivity contribution >= 4 is 17.9 Å². The van der Waals surface area contributed by atoms with Gasteiger partial charge in [-0.05, 0) is 26.7 Å². The summed E-state index contributed by atoms with van der Waals surface area (Å²) in [7, 11) is 0. The second-order valence-electron chi connectivity index (χ2n) is 6.42. The molecule has 2 fully saturated rings. The van der Waals surface area contributed by atoms with Crippen LogP contribution in [0, 0.1) is 10.8 Å². The van der Waals surface area contributed by atoms with Crippen LogP contribution in [0.3, 0.4) is 0 Å². The van der Waals surface area contributed by atoms with E-state index in [4.69, 9.17) is 5.73 Å². The summed E-state index contributed by atoms with van der Waals surface area (Å²) in [6.45, 7) is 4.85. The number of nitrogens with two attached hydrogens (primary N) is 1. The number of carboxylic acid groups (broad SMARTS) is 1. The Bertz CT molecular complexity index is 427. The fourth-order valence-electron chi connectivity index (χ4n) is 2.82. The van der Waals surface area contributed by atoms with E-state index in [9.17, 15) is 19.5 Å². The largest absolute Gasteiger partial charge is 0.481 e. The molecule has 112 valence electrons. The van der Waals surface area contributed by atoms with Crippen molar-refractivity contribution in [1.29, 1.82) is 0 Å². The second-order valence-corrected chi connectivity index (χ2v) is 6.42. The van der Waals surface area contributed by atoms with Crippen LogP contribution in [0.25, 0.3) is 0 Å². The Hall–Kier alpha value is -1.79. The molecule has 3 amide bonds. The van der Waals surface area contributed by atoms with E-state index in [1.165, 1.54) is 0 Å². The Balaban J connectivity index is 2.01. The highest BCUT2D eigenvalue weighted by atomic mass is 16.4. The summed E-state index contributed by atoms with van der Waals surface area (Å²) in [6, 6.07) is -0.194. The lowest BCUT2D eigenvalue weighted by molar-refractivity contribution is -0.147. The van der Waals surface area contributed by atoms with Crippen molar-refractivity contribution in [2.75, 3.05) is 26.2 Å². The maximum Gasteiger partial charge on any atom is 0.320 e. The Morgan fingerprint density at radius 3 is 1.80 bits per heavy atom. The van der Waals surface area contributed by atoms with Crippen molar-refractivity contribution < 1.29 is 19.5 Å². The lowest BCUT2D eigenvalue weighted by Crippen LogP contribution is -2.44. The monoisotopic (exact) mass is 283 g/mol. The van der Waals surface area contributed by atoms with Gasteiger partial charge >= 0.3 is 12.0 Å². The van der Waals surface area contributed by atoms with E-state index in [0.717, 1.165) is 0 Å². The number of nitrogens with zero attached hydrogens (tertiary/aromatic N) is 2. The van der Waals surface area contributed by atoms with Gasteiger partial charge in [0.25, 0.3) is 0 Å². The summed E-state index contributed by atoms with van der Waals surface area (Å²) in [5.74, 6) is -1.28. The van der Waals surface area contributed by atoms with Crippen LogP contribution < -0.4 is 5.73 Å². The summed E-state index contributed by atoms with van der Waals surface area (Å²) >= 11 is 0. The molecule has 0 aromatic carbocycles. The van der Waals surface area contributed by atoms with Crippen LogP contribution in [0.5, 0.6) is 0 Å². The van der Waals surface area contributed by atoms with Crippen LogP contribution in [0.4, 0.5) is 4.79 Å². The van der Waals surface area contributed by atoms with Gasteiger partial charge in [0.1, 0.15) is 0 Å². The molecule has 0 radical (unpaired) electrons. The first-order valence-electron chi connectivity index (χ1n) is 6.75. The van der Waals surface area contributed by atoms with Gasteiger partial charge in [-0.25, -0.2) is 4.79 Å². The average Bonchev–Trinajstić information content (AvgIpc) is 2.94. The first-order valence-corrected chi connectivity index (χ1v) is 6.75. The lowest BCUT2D eigenvalue weighted by atomic mass is 9.89. The molecule has 2 aliphatic heterocycles. The molecule has 2 rings (SSSR count). The topological polar surface area (TPSA) is 104 Å². The van der Waals surface area contributed by atoms with Crippen LogP contribution in [-0.4, -0.2) is 59.0 Å². The van der Waals surface area contributed by atoms with Gasteiger partial charge in [-0.1, -0.05) is 0 Å². The van der Waals surface area contributed by atoms with Crippen molar-refractivity contribution in [2.45, 2.75) is 26.7 Å². The van der Waals surface area contributed by atoms with Crippen molar-refractivity contribution in [3.63, 3.8) is 0 Å². The third kappa shape index (κ3) is 2.32. The number of carboxylic acids is 1. The number of urea groups is 1. The zero-order valence-electron chi connectivity index (χ0n) is 11.9. The third-order valence-corrected chi connectivity index (χ3v) is 4.60. The summed E-state index contributed by atoms with van der Waals surface area (Å²) < 4.78 is 0. The summed E-state index contributed by atoms with van der Waals surface area (Å²) in [5, 5.41) is 9.18. The summed E-state index contributed by atoms with van der Waals surface area (Å²) in [4.78, 5) is 38.1. The number of carbonyl (C=O) groups is 3. The first-order chi connectivity index (χ1) is 9.18. The smallest absolute Gasteiger partial charge is 0.320 e. The minimum Gasteiger partial charge on any atom is -0.481 e. The van der Waals surface area contributed by atoms with Gasteiger partial charge in [-0.15, -0.1) is 0 Å². The van der Waals surface area contributed by atoms with Gasteiger partial charge in [0.05, 0.1) is 10.8 Å². The number of rotatable bonds is 2. The van der Waals surface area contributed by atoms with Crippen LogP contribution in [-0.2, 0) is 9.59 Å². The average molecular weight is 283 g/mol. The van der Waals surface area contributed by atoms with E-state index >= 15 is 0 Å². The Morgan fingerprint density at radius 1 is 1.00 bits per heavy atom. The van der Waals surface area contributed by atoms with Gasteiger partial charge in [0.15, 0.2) is 0 Å². The molecule has 0 saturated carbocycles. The van der Waals surface area contributed by atoms with Crippen LogP contribution in [0.15, 0.2) is 0 Å². The van der Waals surface area contributed by atoms with Gasteiger partial charge in [-0.3, -0.25) is 9.59 Å². The number of likely N-dealkylation sites (tertiary alicyclic amines) is 2. The SMILES string of the molecule is CC1(C(N)=O)CCN(C(=O)N2CCC(C)(C(=O)O)C2)C1. The Labute approximate surface area is 117 Å². The Kier molecular flexibility index (Phi) is 3.39. The highest BCUT2D eigenvalue weighted by Crippen LogP contribution is 2.34. The third-order valence-electron chi connectivity index (χ3n) is 4.60. The van der Waals surface area contributed by atoms with E-state index in [-0.39, 0.29) is 12.6 Å². The molecule has 7 heteroatoms. The second kappa shape index (κ2) is 4.64. The fourth-order valence-corrected chi connectivity index (χ4v) is 2.82. The van der Waals surface area contributed by atoms with E-state index in [0.29, 0.717) is 32.5 Å². The van der Waals surface area contributed by atoms with Crippen LogP contribution in [0.2, 0.25) is 0 Å². The van der Waals surface area contributed by atoms with E-state index in [2.05, 4.69) is 0 Å². The van der Waals surface area contributed by atoms with Crippen molar-refractivity contribution in [2.24, 2.45) is 16.6 Å². The zero-order chi connectivity index (χ0) is 15.1. The molecule has 0 aromatic rings. The minimum atomic E-state index is -0.879. The molecule has 0 spiro atoms. The molecule has 0 aromatic heterocycles. The lowest BCUT2D eigenvalue weighted by Gasteiger charge is -2.27. The Morgan fingerprint density at radius 2 is 1.45 bits per heavy atom. The van der Waals surface area contributed by atoms with Crippen molar-refractivity contribution in [3.05, 3.63) is 0 Å². The number of hydrogen-bond acceptors (Lipinski definition) is 3. The molecular weight excluding hydrogens is 262 g/mol. The quantitative estimate of drug-likeness (QED) is 0.750. The number of carbonyl (C=O) groups excluding carboxylic acids is 2. The molecule has 2 unspecified atom stereocenters. The predicted octanol–water partition coefficient (Wildman–Crippen LogP) is 0.100. The molecule has 2 heterocycles. The molecular formula is C13H21N3O4. The minimum absolute atomic E-state index is 0.194. The number of amides is 3. The first kappa shape index (κ1) is 14.6. The molecule has 0 bridgehead atoms. The van der Waals surface area contributed by atoms with E-state index in [1.807, 2.05) is 0 Å². The summed E-state index contributed by atoms with van der Waals surface area (Å²) in [5.41, 5.74) is 3.81. The predicted molar refractivity (Wildman–Crippen MR) is 70.8 cm³/mol. The van der Waals surface area contributed by atoms with Gasteiger partial charge in [0, 0.05) is 26.2 Å². The molecule has 7 nitrogen and oxygen atoms in total. The maximum atomic E-state index is 12.4. The van der Waals surface area contributed by atoms with Gasteiger partial charge < -0.3 is 20.6 Å². The molecule has 2 aliphatic rings. The van der Waals surface area contributed by atoms with E-state index in [1.54, 1.807) is 23.6 Å². The standard InChI is InChI=1S/C13H21N3O4/c1-12(9(14)17)3-5-15(7-12)11(20)16-6-4-13(2,8-16)10(18)19/h3-8H2,1-2H3,(H2,14,17)(H,18,19). The molecule has 0 aliphatic carbocycles. The highest BCUT2D eigenvalue weighted by Gasteiger charge is 2.46. The number of hydrogen-bond donors (Lipinski definition) is 2. The highest BCUT2D eigenvalue weighted by molar-refractivity contribution is 5.84. The summed E-state index contributed by atoms with van der Waals surface area (Å²) in [6.07, 6.45) is 1.01. The van der Waals surface area contributed by atoms with Crippen LogP contribution >= 0.6 is 0 Å². The normalized spacial score (nSPS) is 33.5. The number of primary amides is 1. The van der Waals surface area contributed by atoms with Gasteiger partial charge in [-0.2, -0.15) is 0 Å². The maximum absolute atomic E-state index is 12.4. The van der Waals surface area contributed by atoms with E-state index < -0.39 is 22.7 Å². The van der Waals surface area contributed by atoms with Crippen LogP contribution in [0.1, 0.15) is 26.7 Å². The fraction of sp³-hybridized carbons (Fsp3) is 0.769. The molecule has 20 heavy (non-hydrogen) atoms. The van der Waals surface area contributed by atoms with Gasteiger partial charge in [0.2, 0.25) is 5.91 Å². The van der Waals surface area contributed by atoms with Crippen molar-refractivity contribution in [3.8, 4) is 0 Å². The number of aliphatic carboxylic acids is 1.